The highest BCUT2D eigenvalue weighted by atomic mass is 35.5. The first-order valence-electron chi connectivity index (χ1n) is 9.55. The van der Waals surface area contributed by atoms with Crippen molar-refractivity contribution in [3.05, 3.63) is 23.8 Å². The van der Waals surface area contributed by atoms with E-state index in [-0.39, 0.29) is 36.6 Å². The zero-order valence-electron chi connectivity index (χ0n) is 15.9. The lowest BCUT2D eigenvalue weighted by molar-refractivity contribution is -0.136. The zero-order chi connectivity index (χ0) is 18.3. The molecule has 3 saturated heterocycles. The van der Waals surface area contributed by atoms with Gasteiger partial charge in [-0.1, -0.05) is 6.07 Å². The van der Waals surface area contributed by atoms with E-state index in [2.05, 4.69) is 5.32 Å². The number of ether oxygens (including phenoxy) is 1. The minimum Gasteiger partial charge on any atom is -0.495 e. The average Bonchev–Trinajstić information content (AvgIpc) is 3.16. The summed E-state index contributed by atoms with van der Waals surface area (Å²) in [7, 11) is 1.61. The van der Waals surface area contributed by atoms with Crippen molar-refractivity contribution in [1.29, 1.82) is 0 Å². The van der Waals surface area contributed by atoms with Crippen LogP contribution in [0.25, 0.3) is 0 Å². The summed E-state index contributed by atoms with van der Waals surface area (Å²) in [4.78, 5) is 29.4. The number of benzene rings is 1. The lowest BCUT2D eigenvalue weighted by Gasteiger charge is -2.27. The maximum atomic E-state index is 13.1. The molecule has 1 N–H and O–H groups in total. The van der Waals surface area contributed by atoms with Crippen LogP contribution in [0.3, 0.4) is 0 Å². The van der Waals surface area contributed by atoms with Gasteiger partial charge in [0.2, 0.25) is 11.8 Å². The van der Waals surface area contributed by atoms with E-state index in [1.165, 1.54) is 6.42 Å². The van der Waals surface area contributed by atoms with Crippen LogP contribution >= 0.6 is 12.4 Å². The van der Waals surface area contributed by atoms with Crippen molar-refractivity contribution in [3.8, 4) is 5.75 Å². The molecule has 0 spiro atoms. The number of anilines is 1. The van der Waals surface area contributed by atoms with E-state index < -0.39 is 0 Å². The molecule has 3 heterocycles. The first-order chi connectivity index (χ1) is 12.5. The Hall–Kier alpha value is -1.79. The quantitative estimate of drug-likeness (QED) is 0.854. The number of halogens is 1. The van der Waals surface area contributed by atoms with Crippen LogP contribution in [-0.2, 0) is 9.59 Å². The van der Waals surface area contributed by atoms with Crippen molar-refractivity contribution in [2.75, 3.05) is 31.6 Å². The standard InChI is InChI=1S/C20H27N3O3.ClH/c1-13-3-6-18(26-2)17(9-13)23-11-14(10-19(23)24)20(25)22-8-7-15-4-5-16(12-22)21-15;/h3,6,9,14-16,21H,4-5,7-8,10-12H2,1-2H3;1H. The van der Waals surface area contributed by atoms with Crippen LogP contribution in [0.4, 0.5) is 5.69 Å². The maximum absolute atomic E-state index is 13.1. The molecule has 0 aromatic heterocycles. The molecule has 2 bridgehead atoms. The van der Waals surface area contributed by atoms with E-state index in [9.17, 15) is 9.59 Å². The second-order valence-electron chi connectivity index (χ2n) is 7.79. The van der Waals surface area contributed by atoms with Crippen molar-refractivity contribution in [2.45, 2.75) is 44.7 Å². The third-order valence-electron chi connectivity index (χ3n) is 5.93. The molecule has 3 unspecified atom stereocenters. The number of methoxy groups -OCH3 is 1. The van der Waals surface area contributed by atoms with Crippen LogP contribution in [0.5, 0.6) is 5.75 Å². The molecular weight excluding hydrogens is 366 g/mol. The molecule has 0 aliphatic carbocycles. The summed E-state index contributed by atoms with van der Waals surface area (Å²) in [5.74, 6) is 0.543. The second kappa shape index (κ2) is 8.07. The number of aryl methyl sites for hydroxylation is 1. The molecule has 3 atom stereocenters. The van der Waals surface area contributed by atoms with Gasteiger partial charge < -0.3 is 19.9 Å². The van der Waals surface area contributed by atoms with E-state index in [4.69, 9.17) is 4.74 Å². The maximum Gasteiger partial charge on any atom is 0.228 e. The fraction of sp³-hybridized carbons (Fsp3) is 0.600. The molecule has 6 nitrogen and oxygen atoms in total. The number of hydrogen-bond acceptors (Lipinski definition) is 4. The van der Waals surface area contributed by atoms with Gasteiger partial charge in [0.05, 0.1) is 18.7 Å². The summed E-state index contributed by atoms with van der Waals surface area (Å²) in [6, 6.07) is 6.76. The van der Waals surface area contributed by atoms with Gasteiger partial charge in [-0.2, -0.15) is 0 Å². The summed E-state index contributed by atoms with van der Waals surface area (Å²) in [5.41, 5.74) is 1.84. The molecule has 1 aromatic carbocycles. The van der Waals surface area contributed by atoms with E-state index >= 15 is 0 Å². The normalized spacial score (nSPS) is 27.3. The monoisotopic (exact) mass is 393 g/mol. The van der Waals surface area contributed by atoms with Crippen LogP contribution < -0.4 is 15.0 Å². The molecule has 2 amide bonds. The van der Waals surface area contributed by atoms with Crippen molar-refractivity contribution < 1.29 is 14.3 Å². The molecule has 27 heavy (non-hydrogen) atoms. The number of nitrogens with one attached hydrogen (secondary N) is 1. The summed E-state index contributed by atoms with van der Waals surface area (Å²) in [6.07, 6.45) is 3.66. The number of rotatable bonds is 3. The third kappa shape index (κ3) is 3.92. The van der Waals surface area contributed by atoms with Crippen LogP contribution in [0.15, 0.2) is 18.2 Å². The zero-order valence-corrected chi connectivity index (χ0v) is 16.8. The van der Waals surface area contributed by atoms with Gasteiger partial charge in [0.15, 0.2) is 0 Å². The number of hydrogen-bond donors (Lipinski definition) is 1. The molecule has 4 rings (SSSR count). The molecule has 7 heteroatoms. The highest BCUT2D eigenvalue weighted by Gasteiger charge is 2.40. The smallest absolute Gasteiger partial charge is 0.228 e. The SMILES string of the molecule is COc1ccc(C)cc1N1CC(C(=O)N2CCC3CCC(C2)N3)CC1=O.Cl. The number of fused-ring (bicyclic) bond motifs is 2. The Morgan fingerprint density at radius 3 is 2.74 bits per heavy atom. The van der Waals surface area contributed by atoms with Gasteiger partial charge in [0, 0.05) is 38.1 Å². The molecule has 3 aliphatic rings. The van der Waals surface area contributed by atoms with Crippen LogP contribution in [0, 0.1) is 12.8 Å². The summed E-state index contributed by atoms with van der Waals surface area (Å²) < 4.78 is 5.43. The lowest BCUT2D eigenvalue weighted by atomic mass is 10.0. The van der Waals surface area contributed by atoms with E-state index in [1.807, 2.05) is 30.0 Å². The van der Waals surface area contributed by atoms with Gasteiger partial charge in [-0.25, -0.2) is 0 Å². The Kier molecular flexibility index (Phi) is 5.96. The fourth-order valence-electron chi connectivity index (χ4n) is 4.52. The van der Waals surface area contributed by atoms with Crippen LogP contribution in [-0.4, -0.2) is 55.5 Å². The molecule has 0 saturated carbocycles. The average molecular weight is 394 g/mol. The number of nitrogens with zero attached hydrogens (tertiary/aromatic N) is 2. The predicted octanol–water partition coefficient (Wildman–Crippen LogP) is 2.13. The molecule has 1 aromatic rings. The second-order valence-corrected chi connectivity index (χ2v) is 7.79. The van der Waals surface area contributed by atoms with Gasteiger partial charge in [0.25, 0.3) is 0 Å². The van der Waals surface area contributed by atoms with Crippen molar-refractivity contribution in [2.24, 2.45) is 5.92 Å². The van der Waals surface area contributed by atoms with Crippen LogP contribution in [0.2, 0.25) is 0 Å². The number of likely N-dealkylation sites (tertiary alicyclic amines) is 1. The number of amides is 2. The Morgan fingerprint density at radius 1 is 1.19 bits per heavy atom. The molecular formula is C20H28ClN3O3. The minimum atomic E-state index is -0.260. The van der Waals surface area contributed by atoms with Gasteiger partial charge >= 0.3 is 0 Å². The van der Waals surface area contributed by atoms with Gasteiger partial charge in [-0.05, 0) is 43.9 Å². The summed E-state index contributed by atoms with van der Waals surface area (Å²) in [5, 5.41) is 3.61. The topological polar surface area (TPSA) is 61.9 Å². The van der Waals surface area contributed by atoms with Crippen molar-refractivity contribution >= 4 is 29.9 Å². The summed E-state index contributed by atoms with van der Waals surface area (Å²) >= 11 is 0. The lowest BCUT2D eigenvalue weighted by Crippen LogP contribution is -2.42. The largest absolute Gasteiger partial charge is 0.495 e. The van der Waals surface area contributed by atoms with E-state index in [1.54, 1.807) is 12.0 Å². The Labute approximate surface area is 166 Å². The Bertz CT molecular complexity index is 726. The van der Waals surface area contributed by atoms with Crippen LogP contribution in [0.1, 0.15) is 31.2 Å². The molecule has 3 aliphatic heterocycles. The van der Waals surface area contributed by atoms with E-state index in [0.717, 1.165) is 37.2 Å². The predicted molar refractivity (Wildman–Crippen MR) is 107 cm³/mol. The highest BCUT2D eigenvalue weighted by Crippen LogP contribution is 2.34. The molecule has 3 fully saturated rings. The Balaban J connectivity index is 0.00000210. The van der Waals surface area contributed by atoms with E-state index in [0.29, 0.717) is 24.4 Å². The Morgan fingerprint density at radius 2 is 1.96 bits per heavy atom. The number of carbonyl (C=O) groups excluding carboxylic acids is 2. The fourth-order valence-corrected chi connectivity index (χ4v) is 4.52. The third-order valence-corrected chi connectivity index (χ3v) is 5.93. The van der Waals surface area contributed by atoms with Gasteiger partial charge in [0.1, 0.15) is 5.75 Å². The minimum absolute atomic E-state index is 0. The first-order valence-corrected chi connectivity index (χ1v) is 9.55. The van der Waals surface area contributed by atoms with Crippen molar-refractivity contribution in [1.82, 2.24) is 10.2 Å². The summed E-state index contributed by atoms with van der Waals surface area (Å²) in [6.45, 7) is 4.00. The molecule has 0 radical (unpaired) electrons. The molecule has 148 valence electrons. The van der Waals surface area contributed by atoms with Crippen molar-refractivity contribution in [3.63, 3.8) is 0 Å². The first kappa shape index (κ1) is 20.0. The van der Waals surface area contributed by atoms with Gasteiger partial charge in [-0.15, -0.1) is 12.4 Å². The highest BCUT2D eigenvalue weighted by molar-refractivity contribution is 6.01. The number of carbonyl (C=O) groups is 2. The van der Waals surface area contributed by atoms with Gasteiger partial charge in [-0.3, -0.25) is 9.59 Å².